The van der Waals surface area contributed by atoms with Gasteiger partial charge in [0, 0.05) is 18.5 Å². The van der Waals surface area contributed by atoms with Gasteiger partial charge in [0.05, 0.1) is 6.54 Å². The molecule has 0 bridgehead atoms. The van der Waals surface area contributed by atoms with Crippen LogP contribution in [0.15, 0.2) is 32.6 Å². The number of nitrogens with zero attached hydrogens (tertiary/aromatic N) is 3. The Kier molecular flexibility index (Phi) is 5.76. The van der Waals surface area contributed by atoms with Gasteiger partial charge in [-0.2, -0.15) is 4.98 Å². The highest BCUT2D eigenvalue weighted by Gasteiger charge is 2.07. The van der Waals surface area contributed by atoms with Crippen molar-refractivity contribution in [2.75, 3.05) is 13.3 Å². The summed E-state index contributed by atoms with van der Waals surface area (Å²) in [6.07, 6.45) is 1.96. The first-order valence-corrected chi connectivity index (χ1v) is 7.91. The van der Waals surface area contributed by atoms with E-state index in [0.29, 0.717) is 30.8 Å². The van der Waals surface area contributed by atoms with Crippen LogP contribution in [0.1, 0.15) is 17.3 Å². The molecule has 0 saturated heterocycles. The Balaban J connectivity index is 1.92. The maximum atomic E-state index is 13.4. The summed E-state index contributed by atoms with van der Waals surface area (Å²) in [5.74, 6) is 1.39. The molecule has 0 aliphatic heterocycles. The molecule has 1 aromatic heterocycles. The van der Waals surface area contributed by atoms with Gasteiger partial charge in [-0.3, -0.25) is 4.99 Å². The highest BCUT2D eigenvalue weighted by molar-refractivity contribution is 7.98. The molecule has 0 aliphatic rings. The second-order valence-electron chi connectivity index (χ2n) is 4.47. The van der Waals surface area contributed by atoms with Crippen LogP contribution in [0.5, 0.6) is 0 Å². The van der Waals surface area contributed by atoms with Crippen LogP contribution in [0.3, 0.4) is 0 Å². The van der Waals surface area contributed by atoms with Crippen molar-refractivity contribution in [3.05, 3.63) is 41.3 Å². The zero-order valence-electron chi connectivity index (χ0n) is 12.7. The van der Waals surface area contributed by atoms with Gasteiger partial charge in [-0.15, -0.1) is 11.8 Å². The molecule has 22 heavy (non-hydrogen) atoms. The summed E-state index contributed by atoms with van der Waals surface area (Å²) in [6, 6.07) is 4.75. The van der Waals surface area contributed by atoms with Gasteiger partial charge >= 0.3 is 0 Å². The van der Waals surface area contributed by atoms with E-state index < -0.39 is 0 Å². The van der Waals surface area contributed by atoms with Crippen LogP contribution in [0.4, 0.5) is 4.39 Å². The molecule has 0 fully saturated rings. The Morgan fingerprint density at radius 3 is 2.77 bits per heavy atom. The number of hydrogen-bond acceptors (Lipinski definition) is 5. The minimum Gasteiger partial charge on any atom is -0.352 e. The van der Waals surface area contributed by atoms with Gasteiger partial charge in [-0.1, -0.05) is 5.16 Å². The van der Waals surface area contributed by atoms with Crippen molar-refractivity contribution in [2.24, 2.45) is 4.99 Å². The standard InChI is InChI=1S/C14H18FN5OS/c1-9-19-13(21-20-9)8-18-14(16-2)17-7-10-6-11(15)4-5-12(10)22-3/h4-6H,7-8H2,1-3H3,(H2,16,17,18). The van der Waals surface area contributed by atoms with Crippen molar-refractivity contribution in [1.82, 2.24) is 20.8 Å². The number of aliphatic imine (C=N–C) groups is 1. The summed E-state index contributed by atoms with van der Waals surface area (Å²) in [5, 5.41) is 9.91. The molecule has 2 aromatic rings. The van der Waals surface area contributed by atoms with Crippen LogP contribution in [0, 0.1) is 12.7 Å². The first-order chi connectivity index (χ1) is 10.6. The van der Waals surface area contributed by atoms with Gasteiger partial charge in [0.15, 0.2) is 11.8 Å². The van der Waals surface area contributed by atoms with Crippen LogP contribution < -0.4 is 10.6 Å². The van der Waals surface area contributed by atoms with Gasteiger partial charge in [-0.05, 0) is 36.9 Å². The molecule has 0 radical (unpaired) electrons. The Morgan fingerprint density at radius 1 is 1.36 bits per heavy atom. The number of thioether (sulfide) groups is 1. The molecular formula is C14H18FN5OS. The fourth-order valence-electron chi connectivity index (χ4n) is 1.86. The number of rotatable bonds is 5. The monoisotopic (exact) mass is 323 g/mol. The van der Waals surface area contributed by atoms with Crippen LogP contribution in [0.2, 0.25) is 0 Å². The smallest absolute Gasteiger partial charge is 0.246 e. The van der Waals surface area contributed by atoms with E-state index in [1.54, 1.807) is 31.8 Å². The number of nitrogens with one attached hydrogen (secondary N) is 2. The molecule has 0 saturated carbocycles. The quantitative estimate of drug-likeness (QED) is 0.499. The molecular weight excluding hydrogens is 305 g/mol. The fraction of sp³-hybridized carbons (Fsp3) is 0.357. The third-order valence-corrected chi connectivity index (χ3v) is 3.73. The Labute approximate surface area is 132 Å². The SMILES string of the molecule is CN=C(NCc1nc(C)no1)NCc1cc(F)ccc1SC. The number of benzene rings is 1. The fourth-order valence-corrected chi connectivity index (χ4v) is 2.45. The number of halogens is 1. The van der Waals surface area contributed by atoms with Gasteiger partial charge in [-0.25, -0.2) is 4.39 Å². The minimum absolute atomic E-state index is 0.251. The molecule has 0 atom stereocenters. The van der Waals surface area contributed by atoms with Crippen LogP contribution in [0.25, 0.3) is 0 Å². The maximum Gasteiger partial charge on any atom is 0.246 e. The number of guanidine groups is 1. The highest BCUT2D eigenvalue weighted by atomic mass is 32.2. The van der Waals surface area contributed by atoms with Crippen molar-refractivity contribution in [3.63, 3.8) is 0 Å². The van der Waals surface area contributed by atoms with E-state index in [1.807, 2.05) is 6.26 Å². The van der Waals surface area contributed by atoms with E-state index in [-0.39, 0.29) is 5.82 Å². The lowest BCUT2D eigenvalue weighted by atomic mass is 10.2. The van der Waals surface area contributed by atoms with Gasteiger partial charge < -0.3 is 15.2 Å². The molecule has 2 rings (SSSR count). The molecule has 1 heterocycles. The Morgan fingerprint density at radius 2 is 2.14 bits per heavy atom. The average Bonchev–Trinajstić information content (AvgIpc) is 2.93. The van der Waals surface area contributed by atoms with Gasteiger partial charge in [0.2, 0.25) is 5.89 Å². The minimum atomic E-state index is -0.251. The van der Waals surface area contributed by atoms with Crippen molar-refractivity contribution >= 4 is 17.7 Å². The predicted molar refractivity (Wildman–Crippen MR) is 84.3 cm³/mol. The Bertz CT molecular complexity index is 658. The number of aromatic nitrogens is 2. The molecule has 0 amide bonds. The van der Waals surface area contributed by atoms with Crippen molar-refractivity contribution in [2.45, 2.75) is 24.9 Å². The number of hydrogen-bond donors (Lipinski definition) is 2. The maximum absolute atomic E-state index is 13.4. The Hall–Kier alpha value is -2.09. The van der Waals surface area contributed by atoms with Crippen molar-refractivity contribution in [1.29, 1.82) is 0 Å². The molecule has 0 unspecified atom stereocenters. The number of aryl methyl sites for hydroxylation is 1. The molecule has 118 valence electrons. The summed E-state index contributed by atoms with van der Waals surface area (Å²) < 4.78 is 18.4. The first kappa shape index (κ1) is 16.3. The zero-order valence-corrected chi connectivity index (χ0v) is 13.5. The summed E-state index contributed by atoms with van der Waals surface area (Å²) in [6.45, 7) is 2.60. The lowest BCUT2D eigenvalue weighted by molar-refractivity contribution is 0.371. The van der Waals surface area contributed by atoms with Gasteiger partial charge in [0.1, 0.15) is 5.82 Å². The lowest BCUT2D eigenvalue weighted by Gasteiger charge is -2.12. The third kappa shape index (κ3) is 4.45. The summed E-state index contributed by atoms with van der Waals surface area (Å²) in [7, 11) is 1.66. The topological polar surface area (TPSA) is 75.3 Å². The molecule has 8 heteroatoms. The predicted octanol–water partition coefficient (Wildman–Crippen LogP) is 2.10. The summed E-state index contributed by atoms with van der Waals surface area (Å²) in [4.78, 5) is 9.23. The van der Waals surface area contributed by atoms with E-state index in [2.05, 4.69) is 25.8 Å². The van der Waals surface area contributed by atoms with E-state index in [1.165, 1.54) is 12.1 Å². The van der Waals surface area contributed by atoms with E-state index >= 15 is 0 Å². The van der Waals surface area contributed by atoms with Crippen LogP contribution >= 0.6 is 11.8 Å². The van der Waals surface area contributed by atoms with Crippen LogP contribution in [-0.2, 0) is 13.1 Å². The summed E-state index contributed by atoms with van der Waals surface area (Å²) >= 11 is 1.58. The van der Waals surface area contributed by atoms with E-state index in [0.717, 1.165) is 10.5 Å². The second kappa shape index (κ2) is 7.79. The first-order valence-electron chi connectivity index (χ1n) is 6.68. The molecule has 1 aromatic carbocycles. The summed E-state index contributed by atoms with van der Waals surface area (Å²) in [5.41, 5.74) is 0.879. The molecule has 2 N–H and O–H groups in total. The third-order valence-electron chi connectivity index (χ3n) is 2.89. The van der Waals surface area contributed by atoms with E-state index in [4.69, 9.17) is 4.52 Å². The largest absolute Gasteiger partial charge is 0.352 e. The zero-order chi connectivity index (χ0) is 15.9. The van der Waals surface area contributed by atoms with E-state index in [9.17, 15) is 4.39 Å². The normalized spacial score (nSPS) is 11.5. The molecule has 0 aliphatic carbocycles. The van der Waals surface area contributed by atoms with Crippen LogP contribution in [-0.4, -0.2) is 29.4 Å². The van der Waals surface area contributed by atoms with Crippen molar-refractivity contribution in [3.8, 4) is 0 Å². The van der Waals surface area contributed by atoms with Gasteiger partial charge in [0.25, 0.3) is 0 Å². The molecule has 6 nitrogen and oxygen atoms in total. The highest BCUT2D eigenvalue weighted by Crippen LogP contribution is 2.21. The average molecular weight is 323 g/mol. The lowest BCUT2D eigenvalue weighted by Crippen LogP contribution is -2.36. The van der Waals surface area contributed by atoms with Crippen molar-refractivity contribution < 1.29 is 8.91 Å². The second-order valence-corrected chi connectivity index (χ2v) is 5.32. The molecule has 0 spiro atoms.